The molecule has 0 unspecified atom stereocenters. The number of hydrogen-bond donors (Lipinski definition) is 0. The highest BCUT2D eigenvalue weighted by Gasteiger charge is 2.27. The van der Waals surface area contributed by atoms with Crippen molar-refractivity contribution < 1.29 is 17.9 Å². The Morgan fingerprint density at radius 2 is 1.86 bits per heavy atom. The molecule has 0 saturated carbocycles. The van der Waals surface area contributed by atoms with Gasteiger partial charge in [0.05, 0.1) is 11.5 Å². The molecular formula is C16H19NO4S. The first-order valence-electron chi connectivity index (χ1n) is 6.96. The van der Waals surface area contributed by atoms with E-state index in [1.165, 1.54) is 12.1 Å². The number of benzene rings is 1. The summed E-state index contributed by atoms with van der Waals surface area (Å²) in [6.45, 7) is 5.70. The maximum atomic E-state index is 12.7. The largest absolute Gasteiger partial charge is 0.464 e. The molecule has 0 bridgehead atoms. The average Bonchev–Trinajstić information content (AvgIpc) is 2.46. The van der Waals surface area contributed by atoms with Crippen LogP contribution in [0.15, 0.2) is 53.5 Å². The van der Waals surface area contributed by atoms with Crippen LogP contribution in [0.4, 0.5) is 0 Å². The molecule has 0 aliphatic carbocycles. The fraction of sp³-hybridized carbons (Fsp3) is 0.312. The summed E-state index contributed by atoms with van der Waals surface area (Å²) in [6, 6.07) is 6.52. The van der Waals surface area contributed by atoms with E-state index in [2.05, 4.69) is 6.58 Å². The summed E-state index contributed by atoms with van der Waals surface area (Å²) < 4.78 is 31.5. The van der Waals surface area contributed by atoms with Crippen molar-refractivity contribution in [2.75, 3.05) is 19.7 Å². The van der Waals surface area contributed by atoms with Crippen LogP contribution in [0.5, 0.6) is 0 Å². The first-order chi connectivity index (χ1) is 10.4. The summed E-state index contributed by atoms with van der Waals surface area (Å²) >= 11 is 0. The van der Waals surface area contributed by atoms with Crippen molar-refractivity contribution in [3.63, 3.8) is 0 Å². The normalized spacial score (nSPS) is 19.5. The lowest BCUT2D eigenvalue weighted by atomic mass is 10.2. The van der Waals surface area contributed by atoms with Gasteiger partial charge in [-0.15, -0.1) is 0 Å². The van der Waals surface area contributed by atoms with Crippen LogP contribution in [-0.4, -0.2) is 38.4 Å². The summed E-state index contributed by atoms with van der Waals surface area (Å²) in [5, 5.41) is 0. The molecule has 0 atom stereocenters. The second kappa shape index (κ2) is 6.89. The molecule has 22 heavy (non-hydrogen) atoms. The molecule has 6 heteroatoms. The van der Waals surface area contributed by atoms with Crippen molar-refractivity contribution in [1.29, 1.82) is 0 Å². The lowest BCUT2D eigenvalue weighted by Gasteiger charge is -2.22. The molecule has 0 radical (unpaired) electrons. The van der Waals surface area contributed by atoms with Crippen LogP contribution in [-0.2, 0) is 19.6 Å². The van der Waals surface area contributed by atoms with Gasteiger partial charge in [-0.1, -0.05) is 36.4 Å². The van der Waals surface area contributed by atoms with Gasteiger partial charge in [0.1, 0.15) is 6.54 Å². The topological polar surface area (TPSA) is 63.7 Å². The van der Waals surface area contributed by atoms with Crippen LogP contribution in [0.1, 0.15) is 12.0 Å². The van der Waals surface area contributed by atoms with Gasteiger partial charge in [-0.3, -0.25) is 4.79 Å². The highest BCUT2D eigenvalue weighted by molar-refractivity contribution is 7.89. The van der Waals surface area contributed by atoms with E-state index in [1.54, 1.807) is 18.2 Å². The molecule has 1 heterocycles. The van der Waals surface area contributed by atoms with Crippen LogP contribution in [0, 0.1) is 6.92 Å². The zero-order valence-corrected chi connectivity index (χ0v) is 13.3. The van der Waals surface area contributed by atoms with Gasteiger partial charge >= 0.3 is 5.97 Å². The highest BCUT2D eigenvalue weighted by Crippen LogP contribution is 2.18. The minimum atomic E-state index is -3.77. The number of rotatable bonds is 2. The molecule has 118 valence electrons. The van der Waals surface area contributed by atoms with Crippen molar-refractivity contribution >= 4 is 16.0 Å². The van der Waals surface area contributed by atoms with E-state index in [4.69, 9.17) is 4.74 Å². The van der Waals surface area contributed by atoms with E-state index >= 15 is 0 Å². The zero-order valence-electron chi connectivity index (χ0n) is 12.5. The second-order valence-electron chi connectivity index (χ2n) is 5.16. The van der Waals surface area contributed by atoms with Crippen LogP contribution in [0.2, 0.25) is 0 Å². The van der Waals surface area contributed by atoms with E-state index in [1.807, 2.05) is 13.0 Å². The molecule has 5 nitrogen and oxygen atoms in total. The van der Waals surface area contributed by atoms with Gasteiger partial charge in [-0.25, -0.2) is 8.42 Å². The molecule has 2 rings (SSSR count). The van der Waals surface area contributed by atoms with Gasteiger partial charge in [0, 0.05) is 6.54 Å². The predicted octanol–water partition coefficient (Wildman–Crippen LogP) is 2.05. The Kier molecular flexibility index (Phi) is 5.15. The quantitative estimate of drug-likeness (QED) is 0.782. The number of carbonyl (C=O) groups excluding carboxylic acids is 1. The van der Waals surface area contributed by atoms with E-state index in [0.717, 1.165) is 9.87 Å². The monoisotopic (exact) mass is 321 g/mol. The van der Waals surface area contributed by atoms with Gasteiger partial charge in [0.15, 0.2) is 0 Å². The fourth-order valence-electron chi connectivity index (χ4n) is 2.04. The van der Waals surface area contributed by atoms with Crippen molar-refractivity contribution in [3.8, 4) is 0 Å². The van der Waals surface area contributed by atoms with Crippen LogP contribution >= 0.6 is 0 Å². The number of nitrogens with zero attached hydrogens (tertiary/aromatic N) is 1. The SMILES string of the molecule is C=C1/C=C/CCOC(=O)CN(S(=O)(=O)c2ccc(C)cc2)C1. The number of carbonyl (C=O) groups is 1. The van der Waals surface area contributed by atoms with Crippen molar-refractivity contribution in [1.82, 2.24) is 4.31 Å². The lowest BCUT2D eigenvalue weighted by molar-refractivity contribution is -0.143. The molecule has 1 aromatic carbocycles. The van der Waals surface area contributed by atoms with Gasteiger partial charge in [0.25, 0.3) is 0 Å². The molecule has 1 aromatic rings. The van der Waals surface area contributed by atoms with E-state index in [-0.39, 0.29) is 24.6 Å². The standard InChI is InChI=1S/C16H19NO4S/c1-13-6-8-15(9-7-13)22(19,20)17-11-14(2)5-3-4-10-21-16(18)12-17/h3,5-9H,2,4,10-12H2,1H3/b5-3+. The maximum absolute atomic E-state index is 12.7. The molecule has 0 spiro atoms. The third kappa shape index (κ3) is 4.05. The van der Waals surface area contributed by atoms with Crippen molar-refractivity contribution in [2.24, 2.45) is 0 Å². The van der Waals surface area contributed by atoms with Crippen molar-refractivity contribution in [2.45, 2.75) is 18.2 Å². The molecular weight excluding hydrogens is 302 g/mol. The Balaban J connectivity index is 2.33. The minimum Gasteiger partial charge on any atom is -0.464 e. The van der Waals surface area contributed by atoms with Crippen LogP contribution in [0.3, 0.4) is 0 Å². The third-order valence-electron chi connectivity index (χ3n) is 3.24. The summed E-state index contributed by atoms with van der Waals surface area (Å²) in [6.07, 6.45) is 4.17. The minimum absolute atomic E-state index is 0.0574. The number of sulfonamides is 1. The smallest absolute Gasteiger partial charge is 0.321 e. The Hall–Kier alpha value is -1.92. The summed E-state index contributed by atoms with van der Waals surface area (Å²) in [7, 11) is -3.77. The first-order valence-corrected chi connectivity index (χ1v) is 8.40. The molecule has 0 fully saturated rings. The Bertz CT molecular complexity index is 689. The average molecular weight is 321 g/mol. The van der Waals surface area contributed by atoms with E-state index < -0.39 is 16.0 Å². The Morgan fingerprint density at radius 3 is 2.55 bits per heavy atom. The number of ether oxygens (including phenoxy) is 1. The molecule has 0 saturated heterocycles. The molecule has 0 amide bonds. The predicted molar refractivity (Wildman–Crippen MR) is 83.8 cm³/mol. The Labute approximate surface area is 130 Å². The Morgan fingerprint density at radius 1 is 1.18 bits per heavy atom. The number of esters is 1. The van der Waals surface area contributed by atoms with Gasteiger partial charge < -0.3 is 4.74 Å². The molecule has 1 aliphatic heterocycles. The maximum Gasteiger partial charge on any atom is 0.321 e. The first kappa shape index (κ1) is 16.5. The van der Waals surface area contributed by atoms with Crippen LogP contribution < -0.4 is 0 Å². The molecule has 0 aromatic heterocycles. The molecule has 0 N–H and O–H groups in total. The second-order valence-corrected chi connectivity index (χ2v) is 7.09. The lowest BCUT2D eigenvalue weighted by Crippen LogP contribution is -2.38. The van der Waals surface area contributed by atoms with E-state index in [9.17, 15) is 13.2 Å². The summed E-state index contributed by atoms with van der Waals surface area (Å²) in [5.74, 6) is -0.557. The van der Waals surface area contributed by atoms with E-state index in [0.29, 0.717) is 12.0 Å². The van der Waals surface area contributed by atoms with Gasteiger partial charge in [0.2, 0.25) is 10.0 Å². The highest BCUT2D eigenvalue weighted by atomic mass is 32.2. The van der Waals surface area contributed by atoms with Gasteiger partial charge in [-0.2, -0.15) is 4.31 Å². The third-order valence-corrected chi connectivity index (χ3v) is 5.05. The number of aryl methyl sites for hydroxylation is 1. The summed E-state index contributed by atoms with van der Waals surface area (Å²) in [5.41, 5.74) is 1.59. The number of hydrogen-bond acceptors (Lipinski definition) is 4. The fourth-order valence-corrected chi connectivity index (χ4v) is 3.43. The summed E-state index contributed by atoms with van der Waals surface area (Å²) in [4.78, 5) is 11.9. The molecule has 1 aliphatic rings. The zero-order chi connectivity index (χ0) is 16.2. The van der Waals surface area contributed by atoms with Crippen LogP contribution in [0.25, 0.3) is 0 Å². The van der Waals surface area contributed by atoms with Gasteiger partial charge in [-0.05, 0) is 31.1 Å². The number of cyclic esters (lactones) is 1. The van der Waals surface area contributed by atoms with Crippen molar-refractivity contribution in [3.05, 3.63) is 54.1 Å².